The summed E-state index contributed by atoms with van der Waals surface area (Å²) < 4.78 is 13.0. The molecular weight excluding hydrogens is 396 g/mol. The molecule has 0 aliphatic carbocycles. The van der Waals surface area contributed by atoms with Crippen LogP contribution in [0.5, 0.6) is 5.75 Å². The summed E-state index contributed by atoms with van der Waals surface area (Å²) in [7, 11) is 0. The van der Waals surface area contributed by atoms with Gasteiger partial charge in [0, 0.05) is 15.8 Å². The number of aliphatic hydroxyl groups is 1. The molecule has 0 radical (unpaired) electrons. The lowest BCUT2D eigenvalue weighted by Gasteiger charge is -2.15. The van der Waals surface area contributed by atoms with E-state index < -0.39 is 6.23 Å². The van der Waals surface area contributed by atoms with Crippen molar-refractivity contribution in [3.8, 4) is 16.2 Å². The number of ether oxygens (including phenoxy) is 2. The fourth-order valence-electron chi connectivity index (χ4n) is 3.67. The lowest BCUT2D eigenvalue weighted by Crippen LogP contribution is -2.26. The maximum atomic E-state index is 9.56. The van der Waals surface area contributed by atoms with Crippen LogP contribution in [0.25, 0.3) is 20.5 Å². The Hall–Kier alpha value is -2.83. The Labute approximate surface area is 179 Å². The molecule has 2 aliphatic rings. The molecule has 2 aromatic carbocycles. The summed E-state index contributed by atoms with van der Waals surface area (Å²) in [6.45, 7) is 5.52. The standard InChI is InChI=1S/C24H24N2O3S/c1-15(2)16-3-5-17(6-4-16)21-11-18-7-8-19(12-22(18)30-21)28-14-20-13-26-10-9-23(27)25-24(26)29-20/h3-12,15,20,23,27H,13-14H2,1-2H3/t20-,23?/m0/s1. The van der Waals surface area contributed by atoms with Gasteiger partial charge in [-0.1, -0.05) is 38.1 Å². The molecule has 30 heavy (non-hydrogen) atoms. The number of aliphatic hydroxyl groups excluding tert-OH is 1. The summed E-state index contributed by atoms with van der Waals surface area (Å²) in [5.74, 6) is 1.37. The molecule has 1 fully saturated rings. The first-order chi connectivity index (χ1) is 14.5. The SMILES string of the molecule is CC(C)c1ccc(-c2cc3ccc(OC[C@@H]4CN5C=CC(O)N=C5O4)cc3s2)cc1. The van der Waals surface area contributed by atoms with Crippen molar-refractivity contribution in [1.29, 1.82) is 0 Å². The van der Waals surface area contributed by atoms with Crippen molar-refractivity contribution in [3.05, 3.63) is 66.4 Å². The number of fused-ring (bicyclic) bond motifs is 2. The topological polar surface area (TPSA) is 54.3 Å². The van der Waals surface area contributed by atoms with Gasteiger partial charge in [-0.05, 0) is 52.8 Å². The zero-order valence-corrected chi connectivity index (χ0v) is 17.8. The monoisotopic (exact) mass is 420 g/mol. The predicted molar refractivity (Wildman–Crippen MR) is 121 cm³/mol. The predicted octanol–water partition coefficient (Wildman–Crippen LogP) is 4.97. The second-order valence-electron chi connectivity index (χ2n) is 7.96. The molecule has 0 spiro atoms. The van der Waals surface area contributed by atoms with Crippen LogP contribution in [-0.2, 0) is 4.74 Å². The zero-order valence-electron chi connectivity index (χ0n) is 17.0. The second-order valence-corrected chi connectivity index (χ2v) is 9.04. The third-order valence-electron chi connectivity index (χ3n) is 5.39. The van der Waals surface area contributed by atoms with Crippen molar-refractivity contribution >= 4 is 27.4 Å². The lowest BCUT2D eigenvalue weighted by atomic mass is 10.0. The Morgan fingerprint density at radius 3 is 2.83 bits per heavy atom. The van der Waals surface area contributed by atoms with E-state index in [9.17, 15) is 5.11 Å². The highest BCUT2D eigenvalue weighted by atomic mass is 32.1. The molecule has 2 aliphatic heterocycles. The van der Waals surface area contributed by atoms with Crippen molar-refractivity contribution in [2.45, 2.75) is 32.1 Å². The Morgan fingerprint density at radius 1 is 1.20 bits per heavy atom. The van der Waals surface area contributed by atoms with E-state index in [1.807, 2.05) is 11.0 Å². The van der Waals surface area contributed by atoms with E-state index in [0.29, 0.717) is 25.1 Å². The van der Waals surface area contributed by atoms with Gasteiger partial charge in [-0.25, -0.2) is 0 Å². The number of hydrogen-bond acceptors (Lipinski definition) is 6. The molecule has 0 bridgehead atoms. The van der Waals surface area contributed by atoms with E-state index in [2.05, 4.69) is 61.3 Å². The van der Waals surface area contributed by atoms with Gasteiger partial charge in [-0.2, -0.15) is 4.99 Å². The maximum absolute atomic E-state index is 9.56. The number of nitrogens with zero attached hydrogens (tertiary/aromatic N) is 2. The van der Waals surface area contributed by atoms with Gasteiger partial charge in [-0.15, -0.1) is 11.3 Å². The van der Waals surface area contributed by atoms with Gasteiger partial charge < -0.3 is 14.6 Å². The molecule has 5 nitrogen and oxygen atoms in total. The highest BCUT2D eigenvalue weighted by Crippen LogP contribution is 2.36. The van der Waals surface area contributed by atoms with E-state index in [-0.39, 0.29) is 6.10 Å². The summed E-state index contributed by atoms with van der Waals surface area (Å²) in [6, 6.07) is 17.7. The Kier molecular flexibility index (Phi) is 4.97. The second kappa shape index (κ2) is 7.78. The fraction of sp³-hybridized carbons (Fsp3) is 0.292. The van der Waals surface area contributed by atoms with Crippen LogP contribution in [0.3, 0.4) is 0 Å². The lowest BCUT2D eigenvalue weighted by molar-refractivity contribution is 0.143. The molecule has 1 saturated heterocycles. The maximum Gasteiger partial charge on any atom is 0.294 e. The average Bonchev–Trinajstić information content (AvgIpc) is 3.35. The first-order valence-corrected chi connectivity index (χ1v) is 11.0. The number of benzene rings is 2. The minimum absolute atomic E-state index is 0.118. The molecule has 1 unspecified atom stereocenters. The van der Waals surface area contributed by atoms with Crippen molar-refractivity contribution < 1.29 is 14.6 Å². The minimum Gasteiger partial charge on any atom is -0.490 e. The van der Waals surface area contributed by atoms with E-state index in [1.54, 1.807) is 23.6 Å². The molecule has 0 saturated carbocycles. The molecule has 2 atom stereocenters. The number of thiophene rings is 1. The van der Waals surface area contributed by atoms with Crippen molar-refractivity contribution in [3.63, 3.8) is 0 Å². The van der Waals surface area contributed by atoms with Gasteiger partial charge >= 0.3 is 0 Å². The number of hydrogen-bond donors (Lipinski definition) is 1. The molecule has 154 valence electrons. The van der Waals surface area contributed by atoms with Gasteiger partial charge in [0.1, 0.15) is 12.4 Å². The van der Waals surface area contributed by atoms with Gasteiger partial charge in [0.05, 0.1) is 6.54 Å². The minimum atomic E-state index is -0.826. The summed E-state index contributed by atoms with van der Waals surface area (Å²) >= 11 is 1.78. The van der Waals surface area contributed by atoms with Crippen LogP contribution >= 0.6 is 11.3 Å². The Bertz CT molecular complexity index is 1120. The van der Waals surface area contributed by atoms with Gasteiger partial charge in [0.25, 0.3) is 6.02 Å². The van der Waals surface area contributed by atoms with E-state index in [1.165, 1.54) is 26.1 Å². The average molecular weight is 421 g/mol. The van der Waals surface area contributed by atoms with Crippen LogP contribution in [0.4, 0.5) is 0 Å². The molecule has 0 amide bonds. The number of amidine groups is 1. The van der Waals surface area contributed by atoms with Crippen molar-refractivity contribution in [2.75, 3.05) is 13.2 Å². The van der Waals surface area contributed by atoms with Crippen LogP contribution in [0.2, 0.25) is 0 Å². The quantitative estimate of drug-likeness (QED) is 0.633. The Balaban J connectivity index is 1.27. The fourth-order valence-corrected chi connectivity index (χ4v) is 4.77. The van der Waals surface area contributed by atoms with Crippen molar-refractivity contribution in [2.24, 2.45) is 4.99 Å². The molecular formula is C24H24N2O3S. The first kappa shape index (κ1) is 19.2. The summed E-state index contributed by atoms with van der Waals surface area (Å²) in [6.07, 6.45) is 2.50. The van der Waals surface area contributed by atoms with Crippen LogP contribution in [0.15, 0.2) is 65.8 Å². The first-order valence-electron chi connectivity index (χ1n) is 10.2. The Morgan fingerprint density at radius 2 is 2.03 bits per heavy atom. The van der Waals surface area contributed by atoms with Gasteiger partial charge in [0.15, 0.2) is 12.3 Å². The van der Waals surface area contributed by atoms with Gasteiger partial charge in [0.2, 0.25) is 0 Å². The molecule has 1 N–H and O–H groups in total. The molecule has 5 rings (SSSR count). The van der Waals surface area contributed by atoms with Crippen LogP contribution in [0.1, 0.15) is 25.3 Å². The van der Waals surface area contributed by atoms with Crippen molar-refractivity contribution in [1.82, 2.24) is 4.90 Å². The third kappa shape index (κ3) is 3.80. The van der Waals surface area contributed by atoms with E-state index in [4.69, 9.17) is 9.47 Å². The number of aliphatic imine (C=N–C) groups is 1. The van der Waals surface area contributed by atoms with Crippen LogP contribution < -0.4 is 4.74 Å². The van der Waals surface area contributed by atoms with E-state index >= 15 is 0 Å². The highest BCUT2D eigenvalue weighted by Gasteiger charge is 2.31. The van der Waals surface area contributed by atoms with Gasteiger partial charge in [-0.3, -0.25) is 4.90 Å². The highest BCUT2D eigenvalue weighted by molar-refractivity contribution is 7.22. The largest absolute Gasteiger partial charge is 0.490 e. The van der Waals surface area contributed by atoms with E-state index in [0.717, 1.165) is 5.75 Å². The molecule has 3 heterocycles. The van der Waals surface area contributed by atoms with Crippen LogP contribution in [-0.4, -0.2) is 41.5 Å². The third-order valence-corrected chi connectivity index (χ3v) is 6.54. The smallest absolute Gasteiger partial charge is 0.294 e. The number of rotatable bonds is 5. The van der Waals surface area contributed by atoms with Crippen LogP contribution in [0, 0.1) is 0 Å². The molecule has 3 aromatic rings. The summed E-state index contributed by atoms with van der Waals surface area (Å²) in [5.41, 5.74) is 2.60. The summed E-state index contributed by atoms with van der Waals surface area (Å²) in [5, 5.41) is 10.8. The zero-order chi connectivity index (χ0) is 20.7. The molecule has 6 heteroatoms. The normalized spacial score (nSPS) is 20.4. The molecule has 1 aromatic heterocycles. The summed E-state index contributed by atoms with van der Waals surface area (Å²) in [4.78, 5) is 7.22.